The molecule has 0 amide bonds. The molecule has 0 bridgehead atoms. The van der Waals surface area contributed by atoms with Crippen LogP contribution in [0.4, 0.5) is 4.39 Å². The molecule has 0 fully saturated rings. The van der Waals surface area contributed by atoms with Crippen molar-refractivity contribution in [3.63, 3.8) is 0 Å². The fraction of sp³-hybridized carbons (Fsp3) is 0.357. The monoisotopic (exact) mass is 296 g/mol. The molecule has 100 valence electrons. The molecule has 1 aliphatic carbocycles. The number of aromatic nitrogens is 1. The first kappa shape index (κ1) is 13.0. The van der Waals surface area contributed by atoms with Crippen molar-refractivity contribution in [2.45, 2.75) is 25.3 Å². The van der Waals surface area contributed by atoms with Crippen LogP contribution in [0.15, 0.2) is 18.2 Å². The molecule has 0 aliphatic heterocycles. The third-order valence-electron chi connectivity index (χ3n) is 3.46. The van der Waals surface area contributed by atoms with Gasteiger partial charge in [0.25, 0.3) is 0 Å². The third kappa shape index (κ3) is 2.40. The van der Waals surface area contributed by atoms with Gasteiger partial charge >= 0.3 is 0 Å². The second kappa shape index (κ2) is 5.19. The predicted molar refractivity (Wildman–Crippen MR) is 77.3 cm³/mol. The van der Waals surface area contributed by atoms with E-state index in [1.807, 2.05) is 7.05 Å². The minimum absolute atomic E-state index is 0.306. The molecular weight excluding hydrogens is 283 g/mol. The summed E-state index contributed by atoms with van der Waals surface area (Å²) >= 11 is 7.37. The van der Waals surface area contributed by atoms with E-state index in [9.17, 15) is 4.39 Å². The molecular formula is C14H14ClFN2S. The molecule has 1 aromatic heterocycles. The molecule has 0 spiro atoms. The first-order chi connectivity index (χ1) is 9.19. The van der Waals surface area contributed by atoms with Gasteiger partial charge in [-0.3, -0.25) is 0 Å². The van der Waals surface area contributed by atoms with Crippen LogP contribution in [0.1, 0.15) is 29.5 Å². The first-order valence-electron chi connectivity index (χ1n) is 6.31. The van der Waals surface area contributed by atoms with E-state index in [0.717, 1.165) is 30.0 Å². The number of rotatable bonds is 2. The summed E-state index contributed by atoms with van der Waals surface area (Å²) in [6.45, 7) is 0. The topological polar surface area (TPSA) is 24.9 Å². The van der Waals surface area contributed by atoms with Gasteiger partial charge in [0.15, 0.2) is 0 Å². The summed E-state index contributed by atoms with van der Waals surface area (Å²) in [4.78, 5) is 5.85. The van der Waals surface area contributed by atoms with E-state index in [2.05, 4.69) is 10.3 Å². The van der Waals surface area contributed by atoms with E-state index >= 15 is 0 Å². The van der Waals surface area contributed by atoms with Gasteiger partial charge in [-0.05, 0) is 44.5 Å². The van der Waals surface area contributed by atoms with Crippen molar-refractivity contribution in [1.82, 2.24) is 10.3 Å². The molecule has 1 N–H and O–H groups in total. The highest BCUT2D eigenvalue weighted by atomic mass is 35.5. The second-order valence-electron chi connectivity index (χ2n) is 4.69. The predicted octanol–water partition coefficient (Wildman–Crippen LogP) is 4.20. The van der Waals surface area contributed by atoms with Gasteiger partial charge in [-0.25, -0.2) is 9.37 Å². The van der Waals surface area contributed by atoms with E-state index in [4.69, 9.17) is 11.6 Å². The highest BCUT2D eigenvalue weighted by molar-refractivity contribution is 7.15. The van der Waals surface area contributed by atoms with Crippen LogP contribution in [-0.4, -0.2) is 12.0 Å². The Hall–Kier alpha value is -0.970. The lowest BCUT2D eigenvalue weighted by atomic mass is 9.98. The van der Waals surface area contributed by atoms with Crippen molar-refractivity contribution in [3.05, 3.63) is 39.6 Å². The zero-order valence-corrected chi connectivity index (χ0v) is 12.1. The zero-order chi connectivity index (χ0) is 13.4. The lowest BCUT2D eigenvalue weighted by Crippen LogP contribution is -2.19. The van der Waals surface area contributed by atoms with Crippen molar-refractivity contribution < 1.29 is 4.39 Å². The summed E-state index contributed by atoms with van der Waals surface area (Å²) in [6, 6.07) is 5.10. The fourth-order valence-corrected chi connectivity index (χ4v) is 3.92. The zero-order valence-electron chi connectivity index (χ0n) is 10.5. The van der Waals surface area contributed by atoms with Gasteiger partial charge in [-0.1, -0.05) is 11.6 Å². The maximum Gasteiger partial charge on any atom is 0.134 e. The lowest BCUT2D eigenvalue weighted by Gasteiger charge is -2.19. The third-order valence-corrected chi connectivity index (χ3v) is 4.94. The number of hydrogen-bond donors (Lipinski definition) is 1. The van der Waals surface area contributed by atoms with Crippen LogP contribution < -0.4 is 5.32 Å². The van der Waals surface area contributed by atoms with Crippen LogP contribution in [0, 0.1) is 5.82 Å². The average molecular weight is 297 g/mol. The molecule has 0 radical (unpaired) electrons. The van der Waals surface area contributed by atoms with Crippen molar-refractivity contribution in [2.24, 2.45) is 0 Å². The Balaban J connectivity index is 2.05. The quantitative estimate of drug-likeness (QED) is 0.898. The molecule has 1 aromatic carbocycles. The Morgan fingerprint density at radius 2 is 2.32 bits per heavy atom. The Bertz CT molecular complexity index is 611. The molecule has 3 rings (SSSR count). The summed E-state index contributed by atoms with van der Waals surface area (Å²) < 4.78 is 13.9. The Kier molecular flexibility index (Phi) is 3.56. The number of thiazole rings is 1. The number of halogens is 2. The van der Waals surface area contributed by atoms with Crippen LogP contribution in [0.3, 0.4) is 0 Å². The summed E-state index contributed by atoms with van der Waals surface area (Å²) in [6.07, 6.45) is 3.23. The van der Waals surface area contributed by atoms with E-state index in [0.29, 0.717) is 16.6 Å². The van der Waals surface area contributed by atoms with Crippen molar-refractivity contribution in [2.75, 3.05) is 7.05 Å². The normalized spacial score (nSPS) is 18.4. The van der Waals surface area contributed by atoms with Crippen LogP contribution in [0.25, 0.3) is 10.6 Å². The summed E-state index contributed by atoms with van der Waals surface area (Å²) in [5, 5.41) is 4.47. The Morgan fingerprint density at radius 3 is 3.05 bits per heavy atom. The van der Waals surface area contributed by atoms with Gasteiger partial charge in [-0.2, -0.15) is 0 Å². The molecule has 0 saturated heterocycles. The molecule has 1 heterocycles. The summed E-state index contributed by atoms with van der Waals surface area (Å²) in [5.74, 6) is -0.306. The first-order valence-corrected chi connectivity index (χ1v) is 7.51. The Morgan fingerprint density at radius 1 is 1.47 bits per heavy atom. The van der Waals surface area contributed by atoms with Gasteiger partial charge in [0.2, 0.25) is 0 Å². The molecule has 5 heteroatoms. The molecule has 19 heavy (non-hydrogen) atoms. The van der Waals surface area contributed by atoms with E-state index in [1.165, 1.54) is 10.9 Å². The fourth-order valence-electron chi connectivity index (χ4n) is 2.47. The van der Waals surface area contributed by atoms with E-state index < -0.39 is 0 Å². The van der Waals surface area contributed by atoms with Gasteiger partial charge in [0, 0.05) is 21.5 Å². The second-order valence-corrected chi connectivity index (χ2v) is 6.15. The molecule has 2 nitrogen and oxygen atoms in total. The maximum absolute atomic E-state index is 13.9. The maximum atomic E-state index is 13.9. The lowest BCUT2D eigenvalue weighted by molar-refractivity contribution is 0.501. The average Bonchev–Trinajstić information content (AvgIpc) is 2.81. The SMILES string of the molecule is CNC1CCCc2nc(-c3ccc(Cl)cc3F)sc21. The number of benzene rings is 1. The van der Waals surface area contributed by atoms with Gasteiger partial charge in [0.1, 0.15) is 10.8 Å². The van der Waals surface area contributed by atoms with Gasteiger partial charge in [0.05, 0.1) is 5.69 Å². The smallest absolute Gasteiger partial charge is 0.134 e. The van der Waals surface area contributed by atoms with Crippen molar-refractivity contribution in [1.29, 1.82) is 0 Å². The molecule has 1 aliphatic rings. The van der Waals surface area contributed by atoms with Crippen LogP contribution >= 0.6 is 22.9 Å². The molecule has 2 aromatic rings. The molecule has 0 saturated carbocycles. The van der Waals surface area contributed by atoms with E-state index in [-0.39, 0.29) is 5.82 Å². The van der Waals surface area contributed by atoms with Gasteiger partial charge < -0.3 is 5.32 Å². The molecule has 1 unspecified atom stereocenters. The van der Waals surface area contributed by atoms with Crippen molar-refractivity contribution in [3.8, 4) is 10.6 Å². The van der Waals surface area contributed by atoms with Crippen molar-refractivity contribution >= 4 is 22.9 Å². The number of hydrogen-bond acceptors (Lipinski definition) is 3. The highest BCUT2D eigenvalue weighted by Crippen LogP contribution is 2.38. The van der Waals surface area contributed by atoms with Crippen LogP contribution in [0.5, 0.6) is 0 Å². The van der Waals surface area contributed by atoms with Gasteiger partial charge in [-0.15, -0.1) is 11.3 Å². The Labute approximate surface area is 120 Å². The summed E-state index contributed by atoms with van der Waals surface area (Å²) in [7, 11) is 1.96. The minimum atomic E-state index is -0.306. The standard InChI is InChI=1S/C14H14ClFN2S/c1-17-11-3-2-4-12-13(11)19-14(18-12)9-6-5-8(15)7-10(9)16/h5-7,11,17H,2-4H2,1H3. The highest BCUT2D eigenvalue weighted by Gasteiger charge is 2.24. The van der Waals surface area contributed by atoms with E-state index in [1.54, 1.807) is 23.5 Å². The van der Waals surface area contributed by atoms with Crippen LogP contribution in [-0.2, 0) is 6.42 Å². The molecule has 1 atom stereocenters. The number of nitrogens with zero attached hydrogens (tertiary/aromatic N) is 1. The van der Waals surface area contributed by atoms with Crippen LogP contribution in [0.2, 0.25) is 5.02 Å². The minimum Gasteiger partial charge on any atom is -0.312 e. The number of aryl methyl sites for hydroxylation is 1. The summed E-state index contributed by atoms with van der Waals surface area (Å²) in [5.41, 5.74) is 1.65. The number of fused-ring (bicyclic) bond motifs is 1. The number of nitrogens with one attached hydrogen (secondary N) is 1. The largest absolute Gasteiger partial charge is 0.312 e.